The molecular formula is C25H21N5O. The van der Waals surface area contributed by atoms with Crippen LogP contribution in [0.1, 0.15) is 18.1 Å². The van der Waals surface area contributed by atoms with Crippen LogP contribution in [0, 0.1) is 0 Å². The minimum Gasteiger partial charge on any atom is -0.413 e. The number of rotatable bonds is 6. The molecule has 0 aliphatic rings. The molecule has 31 heavy (non-hydrogen) atoms. The lowest BCUT2D eigenvalue weighted by molar-refractivity contribution is 0.579. The molecule has 5 rings (SSSR count). The Morgan fingerprint density at radius 3 is 2.26 bits per heavy atom. The summed E-state index contributed by atoms with van der Waals surface area (Å²) in [5.74, 6) is 1.87. The van der Waals surface area contributed by atoms with Crippen LogP contribution in [0.3, 0.4) is 0 Å². The van der Waals surface area contributed by atoms with Crippen molar-refractivity contribution in [2.75, 3.05) is 5.32 Å². The zero-order valence-electron chi connectivity index (χ0n) is 17.1. The summed E-state index contributed by atoms with van der Waals surface area (Å²) in [6.45, 7) is 2.81. The predicted octanol–water partition coefficient (Wildman–Crippen LogP) is 5.52. The highest BCUT2D eigenvalue weighted by Gasteiger charge is 2.16. The molecule has 0 fully saturated rings. The Morgan fingerprint density at radius 1 is 0.742 bits per heavy atom. The van der Waals surface area contributed by atoms with Crippen molar-refractivity contribution >= 4 is 16.7 Å². The molecule has 0 radical (unpaired) electrons. The average molecular weight is 407 g/mol. The minimum absolute atomic E-state index is 0.292. The van der Waals surface area contributed by atoms with Gasteiger partial charge in [0.25, 0.3) is 5.89 Å². The van der Waals surface area contributed by atoms with E-state index < -0.39 is 0 Å². The highest BCUT2D eigenvalue weighted by molar-refractivity contribution is 5.90. The first-order chi connectivity index (χ1) is 15.3. The molecule has 0 amide bonds. The van der Waals surface area contributed by atoms with Gasteiger partial charge >= 0.3 is 0 Å². The number of anilines is 1. The van der Waals surface area contributed by atoms with E-state index >= 15 is 0 Å². The third-order valence-corrected chi connectivity index (χ3v) is 5.13. The summed E-state index contributed by atoms with van der Waals surface area (Å²) in [5.41, 5.74) is 4.18. The monoisotopic (exact) mass is 407 g/mol. The third-order valence-electron chi connectivity index (χ3n) is 5.13. The van der Waals surface area contributed by atoms with Gasteiger partial charge in [0, 0.05) is 17.5 Å². The van der Waals surface area contributed by atoms with Crippen molar-refractivity contribution in [2.45, 2.75) is 19.9 Å². The summed E-state index contributed by atoms with van der Waals surface area (Å²) in [6.07, 6.45) is 1.03. The van der Waals surface area contributed by atoms with E-state index in [2.05, 4.69) is 51.7 Å². The quantitative estimate of drug-likeness (QED) is 0.399. The van der Waals surface area contributed by atoms with Crippen LogP contribution in [0.2, 0.25) is 0 Å². The number of fused-ring (bicyclic) bond motifs is 1. The van der Waals surface area contributed by atoms with Crippen LogP contribution >= 0.6 is 0 Å². The van der Waals surface area contributed by atoms with E-state index in [-0.39, 0.29) is 0 Å². The molecule has 6 nitrogen and oxygen atoms in total. The molecular weight excluding hydrogens is 386 g/mol. The Hall–Kier alpha value is -4.06. The summed E-state index contributed by atoms with van der Waals surface area (Å²) in [4.78, 5) is 9.35. The molecule has 0 atom stereocenters. The standard InChI is InChI=1S/C25H21N5O/c1-2-17-12-14-18(15-13-17)16-26-22-20-10-6-7-11-21(20)27-23(28-22)25-30-29-24(31-25)19-8-4-3-5-9-19/h3-15H,2,16H2,1H3,(H,26,27,28). The number of nitrogens with one attached hydrogen (secondary N) is 1. The maximum Gasteiger partial charge on any atom is 0.286 e. The average Bonchev–Trinajstić information content (AvgIpc) is 3.34. The number of benzene rings is 3. The van der Waals surface area contributed by atoms with Crippen LogP contribution in [-0.2, 0) is 13.0 Å². The van der Waals surface area contributed by atoms with Gasteiger partial charge in [-0.1, -0.05) is 61.5 Å². The van der Waals surface area contributed by atoms with Crippen LogP contribution < -0.4 is 5.32 Å². The van der Waals surface area contributed by atoms with Gasteiger partial charge in [-0.2, -0.15) is 0 Å². The first-order valence-electron chi connectivity index (χ1n) is 10.3. The van der Waals surface area contributed by atoms with Crippen LogP contribution in [0.4, 0.5) is 5.82 Å². The molecule has 1 N–H and O–H groups in total. The fourth-order valence-corrected chi connectivity index (χ4v) is 3.40. The molecule has 0 saturated carbocycles. The summed E-state index contributed by atoms with van der Waals surface area (Å²) in [5, 5.41) is 12.7. The lowest BCUT2D eigenvalue weighted by Gasteiger charge is -2.10. The molecule has 3 aromatic carbocycles. The molecule has 2 heterocycles. The first-order valence-corrected chi connectivity index (χ1v) is 10.3. The summed E-state index contributed by atoms with van der Waals surface area (Å²) < 4.78 is 5.87. The van der Waals surface area contributed by atoms with Gasteiger partial charge in [0.2, 0.25) is 11.7 Å². The molecule has 0 saturated heterocycles. The van der Waals surface area contributed by atoms with Crippen molar-refractivity contribution in [3.8, 4) is 23.2 Å². The molecule has 6 heteroatoms. The van der Waals surface area contributed by atoms with Gasteiger partial charge in [0.1, 0.15) is 5.82 Å². The molecule has 0 spiro atoms. The van der Waals surface area contributed by atoms with Gasteiger partial charge in [0.05, 0.1) is 5.52 Å². The predicted molar refractivity (Wildman–Crippen MR) is 121 cm³/mol. The van der Waals surface area contributed by atoms with E-state index in [0.717, 1.165) is 28.7 Å². The number of hydrogen-bond acceptors (Lipinski definition) is 6. The molecule has 0 bridgehead atoms. The van der Waals surface area contributed by atoms with E-state index in [1.54, 1.807) is 0 Å². The second-order valence-electron chi connectivity index (χ2n) is 7.21. The number of aromatic nitrogens is 4. The molecule has 0 unspecified atom stereocenters. The van der Waals surface area contributed by atoms with Crippen LogP contribution in [0.5, 0.6) is 0 Å². The fourth-order valence-electron chi connectivity index (χ4n) is 3.40. The Bertz CT molecular complexity index is 1310. The smallest absolute Gasteiger partial charge is 0.286 e. The summed E-state index contributed by atoms with van der Waals surface area (Å²) in [6, 6.07) is 26.1. The molecule has 2 aromatic heterocycles. The zero-order chi connectivity index (χ0) is 21.0. The van der Waals surface area contributed by atoms with Crippen molar-refractivity contribution in [3.05, 3.63) is 90.0 Å². The minimum atomic E-state index is 0.292. The van der Waals surface area contributed by atoms with Gasteiger partial charge in [-0.05, 0) is 41.8 Å². The van der Waals surface area contributed by atoms with E-state index in [1.807, 2.05) is 54.6 Å². The van der Waals surface area contributed by atoms with Gasteiger partial charge < -0.3 is 9.73 Å². The van der Waals surface area contributed by atoms with Crippen LogP contribution in [0.15, 0.2) is 83.3 Å². The number of hydrogen-bond donors (Lipinski definition) is 1. The summed E-state index contributed by atoms with van der Waals surface area (Å²) in [7, 11) is 0. The van der Waals surface area contributed by atoms with Gasteiger partial charge in [-0.15, -0.1) is 10.2 Å². The lowest BCUT2D eigenvalue weighted by atomic mass is 10.1. The first kappa shape index (κ1) is 18.9. The van der Waals surface area contributed by atoms with E-state index in [9.17, 15) is 0 Å². The molecule has 152 valence electrons. The van der Waals surface area contributed by atoms with Crippen molar-refractivity contribution in [1.82, 2.24) is 20.2 Å². The Morgan fingerprint density at radius 2 is 1.45 bits per heavy atom. The van der Waals surface area contributed by atoms with E-state index in [1.165, 1.54) is 11.1 Å². The number of aryl methyl sites for hydroxylation is 1. The van der Waals surface area contributed by atoms with Crippen LogP contribution in [0.25, 0.3) is 34.1 Å². The largest absolute Gasteiger partial charge is 0.413 e. The SMILES string of the molecule is CCc1ccc(CNc2nc(-c3nnc(-c4ccccc4)o3)nc3ccccc23)cc1. The zero-order valence-corrected chi connectivity index (χ0v) is 17.1. The van der Waals surface area contributed by atoms with Crippen molar-refractivity contribution < 1.29 is 4.42 Å². The Balaban J connectivity index is 1.48. The van der Waals surface area contributed by atoms with E-state index in [4.69, 9.17) is 9.40 Å². The molecule has 5 aromatic rings. The Kier molecular flexibility index (Phi) is 5.10. The maximum atomic E-state index is 5.87. The number of nitrogens with zero attached hydrogens (tertiary/aromatic N) is 4. The molecule has 0 aliphatic carbocycles. The topological polar surface area (TPSA) is 76.7 Å². The van der Waals surface area contributed by atoms with Crippen molar-refractivity contribution in [1.29, 1.82) is 0 Å². The molecule has 0 aliphatic heterocycles. The third kappa shape index (κ3) is 4.00. The summed E-state index contributed by atoms with van der Waals surface area (Å²) >= 11 is 0. The van der Waals surface area contributed by atoms with Gasteiger partial charge in [-0.3, -0.25) is 0 Å². The highest BCUT2D eigenvalue weighted by atomic mass is 16.4. The lowest BCUT2D eigenvalue weighted by Crippen LogP contribution is -2.04. The second-order valence-corrected chi connectivity index (χ2v) is 7.21. The Labute approximate surface area is 180 Å². The van der Waals surface area contributed by atoms with Crippen LogP contribution in [-0.4, -0.2) is 20.2 Å². The highest BCUT2D eigenvalue weighted by Crippen LogP contribution is 2.26. The normalized spacial score (nSPS) is 11.0. The van der Waals surface area contributed by atoms with E-state index in [0.29, 0.717) is 24.2 Å². The fraction of sp³-hybridized carbons (Fsp3) is 0.120. The number of para-hydroxylation sites is 1. The second kappa shape index (κ2) is 8.36. The van der Waals surface area contributed by atoms with Crippen molar-refractivity contribution in [3.63, 3.8) is 0 Å². The van der Waals surface area contributed by atoms with Crippen molar-refractivity contribution in [2.24, 2.45) is 0 Å². The van der Waals surface area contributed by atoms with Gasteiger partial charge in [-0.25, -0.2) is 9.97 Å². The van der Waals surface area contributed by atoms with Gasteiger partial charge in [0.15, 0.2) is 0 Å². The maximum absolute atomic E-state index is 5.87.